The van der Waals surface area contributed by atoms with Gasteiger partial charge in [0.25, 0.3) is 0 Å². The van der Waals surface area contributed by atoms with Gasteiger partial charge in [-0.2, -0.15) is 0 Å². The first-order valence-electron chi connectivity index (χ1n) is 6.22. The quantitative estimate of drug-likeness (QED) is 0.728. The summed E-state index contributed by atoms with van der Waals surface area (Å²) < 4.78 is 0. The molecule has 2 unspecified atom stereocenters. The van der Waals surface area contributed by atoms with Gasteiger partial charge in [-0.1, -0.05) is 33.6 Å². The molecule has 1 aliphatic heterocycles. The van der Waals surface area contributed by atoms with Crippen molar-refractivity contribution in [2.75, 3.05) is 26.2 Å². The van der Waals surface area contributed by atoms with Gasteiger partial charge in [-0.25, -0.2) is 0 Å². The van der Waals surface area contributed by atoms with E-state index < -0.39 is 0 Å². The van der Waals surface area contributed by atoms with Crippen LogP contribution in [-0.4, -0.2) is 37.1 Å². The fourth-order valence-electron chi connectivity index (χ4n) is 2.17. The molecule has 0 aliphatic carbocycles. The Kier molecular flexibility index (Phi) is 5.49. The van der Waals surface area contributed by atoms with E-state index in [4.69, 9.17) is 0 Å². The molecule has 1 heterocycles. The van der Waals surface area contributed by atoms with Gasteiger partial charge in [0.2, 0.25) is 0 Å². The average Bonchev–Trinajstić information content (AvgIpc) is 2.19. The highest BCUT2D eigenvalue weighted by Crippen LogP contribution is 2.09. The molecule has 1 aliphatic rings. The van der Waals surface area contributed by atoms with Crippen LogP contribution in [0.2, 0.25) is 0 Å². The summed E-state index contributed by atoms with van der Waals surface area (Å²) in [6.45, 7) is 11.9. The van der Waals surface area contributed by atoms with Crippen LogP contribution in [0.4, 0.5) is 0 Å². The number of nitrogens with one attached hydrogen (secondary N) is 1. The van der Waals surface area contributed by atoms with Crippen molar-refractivity contribution in [2.45, 2.75) is 46.1 Å². The van der Waals surface area contributed by atoms with Crippen LogP contribution in [0.15, 0.2) is 0 Å². The highest BCUT2D eigenvalue weighted by atomic mass is 15.2. The van der Waals surface area contributed by atoms with Gasteiger partial charge < -0.3 is 10.2 Å². The molecule has 1 rings (SSSR count). The lowest BCUT2D eigenvalue weighted by Gasteiger charge is -2.35. The summed E-state index contributed by atoms with van der Waals surface area (Å²) in [4.78, 5) is 2.63. The van der Waals surface area contributed by atoms with E-state index in [1.807, 2.05) is 0 Å². The molecule has 0 aromatic heterocycles. The van der Waals surface area contributed by atoms with Crippen molar-refractivity contribution >= 4 is 0 Å². The van der Waals surface area contributed by atoms with Gasteiger partial charge in [0.1, 0.15) is 0 Å². The fourth-order valence-corrected chi connectivity index (χ4v) is 2.17. The topological polar surface area (TPSA) is 15.3 Å². The second-order valence-corrected chi connectivity index (χ2v) is 4.71. The van der Waals surface area contributed by atoms with Crippen molar-refractivity contribution in [2.24, 2.45) is 5.92 Å². The highest BCUT2D eigenvalue weighted by Gasteiger charge is 2.19. The Morgan fingerprint density at radius 2 is 2.21 bits per heavy atom. The molecule has 2 heteroatoms. The lowest BCUT2D eigenvalue weighted by molar-refractivity contribution is 0.171. The summed E-state index contributed by atoms with van der Waals surface area (Å²) in [6.07, 6.45) is 3.94. The molecular formula is C12H26N2. The molecule has 84 valence electrons. The predicted molar refractivity (Wildman–Crippen MR) is 62.6 cm³/mol. The monoisotopic (exact) mass is 198 g/mol. The Morgan fingerprint density at radius 3 is 2.86 bits per heavy atom. The van der Waals surface area contributed by atoms with E-state index in [1.54, 1.807) is 0 Å². The zero-order valence-electron chi connectivity index (χ0n) is 10.1. The van der Waals surface area contributed by atoms with E-state index in [2.05, 4.69) is 31.0 Å². The summed E-state index contributed by atoms with van der Waals surface area (Å²) in [5, 5.41) is 3.60. The molecule has 0 aromatic rings. The normalized spacial score (nSPS) is 26.4. The van der Waals surface area contributed by atoms with Crippen LogP contribution in [-0.2, 0) is 0 Å². The minimum atomic E-state index is 0.748. The van der Waals surface area contributed by atoms with Crippen molar-refractivity contribution < 1.29 is 0 Å². The van der Waals surface area contributed by atoms with Crippen molar-refractivity contribution in [3.8, 4) is 0 Å². The molecule has 1 saturated heterocycles. The molecule has 1 fully saturated rings. The lowest BCUT2D eigenvalue weighted by Crippen LogP contribution is -2.51. The smallest absolute Gasteiger partial charge is 0.0195 e. The third kappa shape index (κ3) is 3.97. The maximum absolute atomic E-state index is 3.60. The molecule has 2 nitrogen and oxygen atoms in total. The maximum atomic E-state index is 3.60. The van der Waals surface area contributed by atoms with Crippen molar-refractivity contribution in [1.29, 1.82) is 0 Å². The van der Waals surface area contributed by atoms with Gasteiger partial charge in [0.05, 0.1) is 0 Å². The fraction of sp³-hybridized carbons (Fsp3) is 1.00. The summed E-state index contributed by atoms with van der Waals surface area (Å²) in [7, 11) is 0. The third-order valence-electron chi connectivity index (χ3n) is 3.24. The van der Waals surface area contributed by atoms with Gasteiger partial charge in [0, 0.05) is 32.2 Å². The van der Waals surface area contributed by atoms with Gasteiger partial charge in [0.15, 0.2) is 0 Å². The van der Waals surface area contributed by atoms with Crippen LogP contribution in [0, 0.1) is 5.92 Å². The number of hydrogen-bond donors (Lipinski definition) is 1. The first kappa shape index (κ1) is 12.0. The van der Waals surface area contributed by atoms with Crippen LogP contribution >= 0.6 is 0 Å². The van der Waals surface area contributed by atoms with Crippen LogP contribution in [0.25, 0.3) is 0 Å². The standard InChI is InChI=1S/C12H26N2/c1-4-6-12-10-14(8-7-13-12)9-11(3)5-2/h11-13H,4-10H2,1-3H3. The van der Waals surface area contributed by atoms with Crippen molar-refractivity contribution in [3.05, 3.63) is 0 Å². The molecule has 2 atom stereocenters. The van der Waals surface area contributed by atoms with Crippen LogP contribution in [0.1, 0.15) is 40.0 Å². The van der Waals surface area contributed by atoms with E-state index in [9.17, 15) is 0 Å². The summed E-state index contributed by atoms with van der Waals surface area (Å²) in [5.74, 6) is 0.857. The molecule has 0 amide bonds. The second-order valence-electron chi connectivity index (χ2n) is 4.71. The summed E-state index contributed by atoms with van der Waals surface area (Å²) >= 11 is 0. The van der Waals surface area contributed by atoms with Crippen LogP contribution in [0.5, 0.6) is 0 Å². The Hall–Kier alpha value is -0.0800. The highest BCUT2D eigenvalue weighted by molar-refractivity contribution is 4.78. The number of hydrogen-bond acceptors (Lipinski definition) is 2. The summed E-state index contributed by atoms with van der Waals surface area (Å²) in [6, 6.07) is 0.748. The van der Waals surface area contributed by atoms with Crippen LogP contribution < -0.4 is 5.32 Å². The molecule has 0 aromatic carbocycles. The number of nitrogens with zero attached hydrogens (tertiary/aromatic N) is 1. The SMILES string of the molecule is CCCC1CN(CC(C)CC)CCN1. The maximum Gasteiger partial charge on any atom is 0.0195 e. The number of rotatable bonds is 5. The molecule has 1 N–H and O–H groups in total. The molecule has 0 bridgehead atoms. The number of piperazine rings is 1. The molecular weight excluding hydrogens is 172 g/mol. The predicted octanol–water partition coefficient (Wildman–Crippen LogP) is 2.11. The third-order valence-corrected chi connectivity index (χ3v) is 3.24. The Balaban J connectivity index is 2.25. The largest absolute Gasteiger partial charge is 0.311 e. The van der Waals surface area contributed by atoms with Gasteiger partial charge in [-0.05, 0) is 12.3 Å². The Bertz CT molecular complexity index is 145. The second kappa shape index (κ2) is 6.41. The molecule has 0 spiro atoms. The summed E-state index contributed by atoms with van der Waals surface area (Å²) in [5.41, 5.74) is 0. The van der Waals surface area contributed by atoms with E-state index in [-0.39, 0.29) is 0 Å². The first-order chi connectivity index (χ1) is 6.76. The van der Waals surface area contributed by atoms with E-state index in [0.717, 1.165) is 12.0 Å². The minimum Gasteiger partial charge on any atom is -0.311 e. The van der Waals surface area contributed by atoms with Crippen molar-refractivity contribution in [3.63, 3.8) is 0 Å². The van der Waals surface area contributed by atoms with E-state index >= 15 is 0 Å². The Labute approximate surface area is 89.1 Å². The van der Waals surface area contributed by atoms with Crippen LogP contribution in [0.3, 0.4) is 0 Å². The van der Waals surface area contributed by atoms with E-state index in [1.165, 1.54) is 45.4 Å². The van der Waals surface area contributed by atoms with Crippen molar-refractivity contribution in [1.82, 2.24) is 10.2 Å². The molecule has 14 heavy (non-hydrogen) atoms. The van der Waals surface area contributed by atoms with E-state index in [0.29, 0.717) is 0 Å². The zero-order valence-corrected chi connectivity index (χ0v) is 10.1. The zero-order chi connectivity index (χ0) is 10.4. The Morgan fingerprint density at radius 1 is 1.43 bits per heavy atom. The lowest BCUT2D eigenvalue weighted by atomic mass is 10.1. The molecule has 0 radical (unpaired) electrons. The minimum absolute atomic E-state index is 0.748. The van der Waals surface area contributed by atoms with Gasteiger partial charge >= 0.3 is 0 Å². The molecule has 0 saturated carbocycles. The average molecular weight is 198 g/mol. The van der Waals surface area contributed by atoms with Gasteiger partial charge in [-0.15, -0.1) is 0 Å². The first-order valence-corrected chi connectivity index (χ1v) is 6.22. The van der Waals surface area contributed by atoms with Gasteiger partial charge in [-0.3, -0.25) is 0 Å².